The minimum Gasteiger partial charge on any atom is -0.367 e. The Kier molecular flexibility index (Phi) is 4.66. The van der Waals surface area contributed by atoms with Crippen molar-refractivity contribution >= 4 is 11.5 Å². The third-order valence-corrected chi connectivity index (χ3v) is 4.57. The Balaban J connectivity index is 1.48. The normalized spacial score (nSPS) is 16.7. The monoisotopic (exact) mass is 363 g/mol. The quantitative estimate of drug-likeness (QED) is 0.767. The summed E-state index contributed by atoms with van der Waals surface area (Å²) in [5.74, 6) is 0.906. The van der Waals surface area contributed by atoms with Crippen LogP contribution in [0.2, 0.25) is 0 Å². The third kappa shape index (κ3) is 3.72. The zero-order valence-electron chi connectivity index (χ0n) is 14.6. The highest BCUT2D eigenvalue weighted by Gasteiger charge is 2.22. The van der Waals surface area contributed by atoms with Crippen molar-refractivity contribution in [2.75, 3.05) is 23.3 Å². The van der Waals surface area contributed by atoms with E-state index in [0.29, 0.717) is 23.7 Å². The average molecular weight is 363 g/mol. The van der Waals surface area contributed by atoms with Crippen molar-refractivity contribution in [1.82, 2.24) is 19.5 Å². The fraction of sp³-hybridized carbons (Fsp3) is 0.263. The first-order valence-electron chi connectivity index (χ1n) is 8.75. The summed E-state index contributed by atoms with van der Waals surface area (Å²) < 4.78 is 16.1. The van der Waals surface area contributed by atoms with Gasteiger partial charge in [0.2, 0.25) is 5.95 Å². The average Bonchev–Trinajstić information content (AvgIpc) is 3.23. The molecule has 0 bridgehead atoms. The van der Waals surface area contributed by atoms with Gasteiger partial charge in [0.25, 0.3) is 0 Å². The van der Waals surface area contributed by atoms with Gasteiger partial charge >= 0.3 is 0 Å². The number of hydrogen-bond acceptors (Lipinski definition) is 6. The van der Waals surface area contributed by atoms with Crippen molar-refractivity contribution in [3.8, 4) is 12.0 Å². The van der Waals surface area contributed by atoms with Crippen molar-refractivity contribution in [2.45, 2.75) is 18.9 Å². The fourth-order valence-corrected chi connectivity index (χ4v) is 3.29. The van der Waals surface area contributed by atoms with E-state index < -0.39 is 0 Å². The summed E-state index contributed by atoms with van der Waals surface area (Å²) in [6.45, 7) is 1.44. The molecule has 1 fully saturated rings. The second-order valence-electron chi connectivity index (χ2n) is 6.42. The van der Waals surface area contributed by atoms with Crippen LogP contribution in [0.3, 0.4) is 0 Å². The van der Waals surface area contributed by atoms with Crippen LogP contribution >= 0.6 is 0 Å². The van der Waals surface area contributed by atoms with Crippen LogP contribution in [0.5, 0.6) is 0 Å². The molecule has 3 heterocycles. The maximum absolute atomic E-state index is 14.3. The number of aromatic nitrogens is 4. The first-order valence-corrected chi connectivity index (χ1v) is 8.75. The Morgan fingerprint density at radius 2 is 2.19 bits per heavy atom. The molecule has 2 aromatic heterocycles. The molecule has 0 amide bonds. The van der Waals surface area contributed by atoms with Crippen LogP contribution < -0.4 is 10.2 Å². The molecule has 1 atom stereocenters. The minimum absolute atomic E-state index is 0.138. The first kappa shape index (κ1) is 17.0. The maximum Gasteiger partial charge on any atom is 0.236 e. The van der Waals surface area contributed by atoms with E-state index in [1.165, 1.54) is 6.07 Å². The highest BCUT2D eigenvalue weighted by molar-refractivity contribution is 5.52. The number of benzene rings is 1. The molecule has 3 aromatic rings. The highest BCUT2D eigenvalue weighted by atomic mass is 19.1. The lowest BCUT2D eigenvalue weighted by molar-refractivity contribution is 0.518. The Bertz CT molecular complexity index is 964. The first-order chi connectivity index (χ1) is 13.2. The van der Waals surface area contributed by atoms with Crippen molar-refractivity contribution in [1.29, 1.82) is 5.26 Å². The Labute approximate surface area is 156 Å². The molecule has 0 saturated carbocycles. The van der Waals surface area contributed by atoms with Gasteiger partial charge in [0.05, 0.1) is 17.3 Å². The van der Waals surface area contributed by atoms with Crippen LogP contribution in [0, 0.1) is 17.1 Å². The van der Waals surface area contributed by atoms with Gasteiger partial charge in [-0.3, -0.25) is 4.57 Å². The number of anilines is 2. The molecule has 1 aliphatic heterocycles. The Morgan fingerprint density at radius 1 is 1.26 bits per heavy atom. The summed E-state index contributed by atoms with van der Waals surface area (Å²) >= 11 is 0. The van der Waals surface area contributed by atoms with E-state index >= 15 is 0 Å². The van der Waals surface area contributed by atoms with Crippen LogP contribution in [-0.4, -0.2) is 38.7 Å². The van der Waals surface area contributed by atoms with Crippen LogP contribution in [0.4, 0.5) is 15.9 Å². The fourth-order valence-electron chi connectivity index (χ4n) is 3.29. The van der Waals surface area contributed by atoms with Gasteiger partial charge in [-0.2, -0.15) is 10.2 Å². The number of nitriles is 1. The van der Waals surface area contributed by atoms with Crippen LogP contribution in [-0.2, 0) is 0 Å². The Morgan fingerprint density at radius 3 is 2.96 bits per heavy atom. The predicted octanol–water partition coefficient (Wildman–Crippen LogP) is 2.75. The summed E-state index contributed by atoms with van der Waals surface area (Å²) in [5.41, 5.74) is 0.859. The van der Waals surface area contributed by atoms with Gasteiger partial charge in [0.15, 0.2) is 0 Å². The van der Waals surface area contributed by atoms with E-state index in [0.717, 1.165) is 25.2 Å². The number of halogens is 1. The second-order valence-corrected chi connectivity index (χ2v) is 6.42. The molecule has 1 N–H and O–H groups in total. The topological polar surface area (TPSA) is 82.7 Å². The number of nitrogens with zero attached hydrogens (tertiary/aromatic N) is 6. The molecule has 0 spiro atoms. The number of piperidine rings is 1. The molecule has 4 rings (SSSR count). The van der Waals surface area contributed by atoms with Crippen LogP contribution in [0.15, 0.2) is 49.2 Å². The Hall–Kier alpha value is -3.47. The van der Waals surface area contributed by atoms with E-state index in [1.807, 2.05) is 17.0 Å². The number of rotatable bonds is 4. The lowest BCUT2D eigenvalue weighted by Gasteiger charge is -2.35. The standard InChI is InChI=1S/C19H18FN7/c20-16-10-14(11-21)3-4-17(16)26-8-1-2-15(12-26)24-18-5-6-23-19(25-18)27-9-7-22-13-27/h3-7,9-10,13,15H,1-2,8,12H2,(H,23,24,25)/t15-/m1/s1. The highest BCUT2D eigenvalue weighted by Crippen LogP contribution is 2.25. The van der Waals surface area contributed by atoms with Crippen LogP contribution in [0.25, 0.3) is 5.95 Å². The molecule has 0 radical (unpaired) electrons. The van der Waals surface area contributed by atoms with Gasteiger partial charge in [0.1, 0.15) is 18.0 Å². The lowest BCUT2D eigenvalue weighted by Crippen LogP contribution is -2.42. The summed E-state index contributed by atoms with van der Waals surface area (Å²) in [6, 6.07) is 8.54. The molecule has 0 unspecified atom stereocenters. The third-order valence-electron chi connectivity index (χ3n) is 4.57. The molecule has 1 aromatic carbocycles. The molecule has 1 aliphatic rings. The van der Waals surface area contributed by atoms with Crippen molar-refractivity contribution in [3.05, 3.63) is 60.6 Å². The van der Waals surface area contributed by atoms with E-state index in [2.05, 4.69) is 20.3 Å². The van der Waals surface area contributed by atoms with E-state index in [9.17, 15) is 4.39 Å². The summed E-state index contributed by atoms with van der Waals surface area (Å²) in [7, 11) is 0. The minimum atomic E-state index is -0.362. The van der Waals surface area contributed by atoms with E-state index in [-0.39, 0.29) is 11.9 Å². The van der Waals surface area contributed by atoms with Gasteiger partial charge < -0.3 is 10.2 Å². The lowest BCUT2D eigenvalue weighted by atomic mass is 10.0. The molecular weight excluding hydrogens is 345 g/mol. The predicted molar refractivity (Wildman–Crippen MR) is 99.1 cm³/mol. The second kappa shape index (κ2) is 7.41. The van der Waals surface area contributed by atoms with Crippen molar-refractivity contribution in [2.24, 2.45) is 0 Å². The molecule has 27 heavy (non-hydrogen) atoms. The zero-order valence-corrected chi connectivity index (χ0v) is 14.6. The van der Waals surface area contributed by atoms with Crippen LogP contribution in [0.1, 0.15) is 18.4 Å². The molecule has 7 nitrogen and oxygen atoms in total. The molecule has 1 saturated heterocycles. The van der Waals surface area contributed by atoms with Gasteiger partial charge in [-0.25, -0.2) is 14.4 Å². The summed E-state index contributed by atoms with van der Waals surface area (Å²) in [5, 5.41) is 12.3. The van der Waals surface area contributed by atoms with Crippen molar-refractivity contribution in [3.63, 3.8) is 0 Å². The molecular formula is C19H18FN7. The summed E-state index contributed by atoms with van der Waals surface area (Å²) in [6.07, 6.45) is 8.72. The number of imidazole rings is 1. The SMILES string of the molecule is N#Cc1ccc(N2CCC[C@@H](Nc3ccnc(-n4ccnc4)n3)C2)c(F)c1. The number of nitrogens with one attached hydrogen (secondary N) is 1. The van der Waals surface area contributed by atoms with Crippen molar-refractivity contribution < 1.29 is 4.39 Å². The molecule has 8 heteroatoms. The van der Waals surface area contributed by atoms with Gasteiger partial charge in [0, 0.05) is 37.7 Å². The molecule has 136 valence electrons. The zero-order chi connectivity index (χ0) is 18.6. The van der Waals surface area contributed by atoms with E-state index in [1.54, 1.807) is 41.6 Å². The largest absolute Gasteiger partial charge is 0.367 e. The number of hydrogen-bond donors (Lipinski definition) is 1. The molecule has 0 aliphatic carbocycles. The van der Waals surface area contributed by atoms with E-state index in [4.69, 9.17) is 5.26 Å². The van der Waals surface area contributed by atoms with Gasteiger partial charge in [-0.15, -0.1) is 0 Å². The van der Waals surface area contributed by atoms with Gasteiger partial charge in [-0.05, 0) is 37.1 Å². The smallest absolute Gasteiger partial charge is 0.236 e. The van der Waals surface area contributed by atoms with Gasteiger partial charge in [-0.1, -0.05) is 0 Å². The summed E-state index contributed by atoms with van der Waals surface area (Å²) in [4.78, 5) is 14.8. The maximum atomic E-state index is 14.3.